The molecule has 7 heteroatoms. The van der Waals surface area contributed by atoms with Crippen molar-refractivity contribution in [3.05, 3.63) is 71.3 Å². The molecule has 2 aromatic carbocycles. The number of methoxy groups -OCH3 is 1. The molecule has 1 heterocycles. The summed E-state index contributed by atoms with van der Waals surface area (Å²) >= 11 is 0. The minimum atomic E-state index is -1.32. The van der Waals surface area contributed by atoms with Crippen LogP contribution in [-0.2, 0) is 20.7 Å². The topological polar surface area (TPSA) is 92.8 Å². The van der Waals surface area contributed by atoms with Crippen molar-refractivity contribution in [1.29, 1.82) is 0 Å². The van der Waals surface area contributed by atoms with Crippen LogP contribution < -0.4 is 5.32 Å². The van der Waals surface area contributed by atoms with Crippen molar-refractivity contribution in [1.82, 2.24) is 10.2 Å². The summed E-state index contributed by atoms with van der Waals surface area (Å²) in [6.07, 6.45) is 0.120. The number of benzene rings is 2. The zero-order chi connectivity index (χ0) is 21.2. The van der Waals surface area contributed by atoms with Crippen molar-refractivity contribution in [2.45, 2.75) is 31.8 Å². The van der Waals surface area contributed by atoms with Gasteiger partial charge in [-0.2, -0.15) is 0 Å². The van der Waals surface area contributed by atoms with Gasteiger partial charge in [0.05, 0.1) is 18.2 Å². The number of ether oxygens (including phenoxy) is 1. The first-order valence-corrected chi connectivity index (χ1v) is 9.17. The van der Waals surface area contributed by atoms with Gasteiger partial charge in [0.15, 0.2) is 0 Å². The number of fused-ring (bicyclic) bond motifs is 1. The van der Waals surface area contributed by atoms with E-state index in [0.29, 0.717) is 0 Å². The summed E-state index contributed by atoms with van der Waals surface area (Å²) in [7, 11) is 1.22. The molecule has 0 saturated carbocycles. The number of rotatable bonds is 6. The number of amides is 3. The van der Waals surface area contributed by atoms with E-state index in [0.717, 1.165) is 10.5 Å². The predicted molar refractivity (Wildman–Crippen MR) is 105 cm³/mol. The molecule has 0 fully saturated rings. The van der Waals surface area contributed by atoms with Crippen LogP contribution in [0.4, 0.5) is 0 Å². The summed E-state index contributed by atoms with van der Waals surface area (Å²) in [4.78, 5) is 52.0. The van der Waals surface area contributed by atoms with Crippen LogP contribution in [0.15, 0.2) is 54.6 Å². The third-order valence-corrected chi connectivity index (χ3v) is 4.84. The van der Waals surface area contributed by atoms with E-state index in [2.05, 4.69) is 5.32 Å². The largest absolute Gasteiger partial charge is 0.467 e. The van der Waals surface area contributed by atoms with E-state index in [1.54, 1.807) is 24.3 Å². The Morgan fingerprint density at radius 2 is 1.48 bits per heavy atom. The van der Waals surface area contributed by atoms with E-state index in [1.165, 1.54) is 21.0 Å². The Bertz CT molecular complexity index is 933. The molecule has 29 heavy (non-hydrogen) atoms. The molecule has 0 aliphatic carbocycles. The lowest BCUT2D eigenvalue weighted by Gasteiger charge is -2.30. The fraction of sp³-hybridized carbons (Fsp3) is 0.273. The van der Waals surface area contributed by atoms with Gasteiger partial charge in [0, 0.05) is 6.42 Å². The van der Waals surface area contributed by atoms with Crippen molar-refractivity contribution < 1.29 is 23.9 Å². The first kappa shape index (κ1) is 20.3. The fourth-order valence-electron chi connectivity index (χ4n) is 3.33. The first-order valence-electron chi connectivity index (χ1n) is 9.17. The van der Waals surface area contributed by atoms with Crippen molar-refractivity contribution in [3.8, 4) is 0 Å². The van der Waals surface area contributed by atoms with Crippen molar-refractivity contribution >= 4 is 23.7 Å². The highest BCUT2D eigenvalue weighted by Crippen LogP contribution is 2.26. The van der Waals surface area contributed by atoms with Gasteiger partial charge in [-0.1, -0.05) is 42.5 Å². The SMILES string of the molecule is COC(=O)C(C)(C)NC(=O)C(Cc1ccccc1)N1C(=O)c2ccccc2C1=O. The molecule has 1 unspecified atom stereocenters. The normalized spacial score (nSPS) is 14.4. The molecule has 0 bridgehead atoms. The average Bonchev–Trinajstić information content (AvgIpc) is 2.96. The van der Waals surface area contributed by atoms with Gasteiger partial charge in [-0.15, -0.1) is 0 Å². The second kappa shape index (κ2) is 7.87. The van der Waals surface area contributed by atoms with Gasteiger partial charge in [0.1, 0.15) is 11.6 Å². The number of nitrogens with zero attached hydrogens (tertiary/aromatic N) is 1. The highest BCUT2D eigenvalue weighted by atomic mass is 16.5. The number of nitrogens with one attached hydrogen (secondary N) is 1. The van der Waals surface area contributed by atoms with Gasteiger partial charge in [0.25, 0.3) is 11.8 Å². The lowest BCUT2D eigenvalue weighted by Crippen LogP contribution is -2.58. The fourth-order valence-corrected chi connectivity index (χ4v) is 3.33. The maximum atomic E-state index is 13.1. The Labute approximate surface area is 168 Å². The van der Waals surface area contributed by atoms with E-state index in [-0.39, 0.29) is 17.5 Å². The molecule has 7 nitrogen and oxygen atoms in total. The molecule has 0 radical (unpaired) electrons. The van der Waals surface area contributed by atoms with E-state index >= 15 is 0 Å². The van der Waals surface area contributed by atoms with Gasteiger partial charge in [-0.25, -0.2) is 4.79 Å². The monoisotopic (exact) mass is 394 g/mol. The molecule has 1 N–H and O–H groups in total. The lowest BCUT2D eigenvalue weighted by atomic mass is 10.0. The van der Waals surface area contributed by atoms with E-state index < -0.39 is 35.3 Å². The maximum Gasteiger partial charge on any atom is 0.330 e. The molecule has 1 atom stereocenters. The van der Waals surface area contributed by atoms with E-state index in [1.807, 2.05) is 30.3 Å². The van der Waals surface area contributed by atoms with Crippen LogP contribution in [0.3, 0.4) is 0 Å². The van der Waals surface area contributed by atoms with Gasteiger partial charge in [-0.05, 0) is 31.5 Å². The number of hydrogen-bond acceptors (Lipinski definition) is 5. The van der Waals surface area contributed by atoms with Crippen LogP contribution in [0.1, 0.15) is 40.1 Å². The van der Waals surface area contributed by atoms with Crippen LogP contribution in [0.5, 0.6) is 0 Å². The molecule has 0 saturated heterocycles. The summed E-state index contributed by atoms with van der Waals surface area (Å²) in [6.45, 7) is 3.00. The number of carbonyl (C=O) groups is 4. The standard InChI is InChI=1S/C22H22N2O5/c1-22(2,21(28)29-3)23-18(25)17(13-14-9-5-4-6-10-14)24-19(26)15-11-7-8-12-16(15)20(24)27/h4-12,17H,13H2,1-3H3,(H,23,25). The van der Waals surface area contributed by atoms with Gasteiger partial charge >= 0.3 is 5.97 Å². The van der Waals surface area contributed by atoms with E-state index in [4.69, 9.17) is 4.74 Å². The molecule has 0 aromatic heterocycles. The summed E-state index contributed by atoms with van der Waals surface area (Å²) < 4.78 is 4.73. The third kappa shape index (κ3) is 3.89. The molecule has 0 spiro atoms. The van der Waals surface area contributed by atoms with Crippen molar-refractivity contribution in [2.24, 2.45) is 0 Å². The number of esters is 1. The quantitative estimate of drug-likeness (QED) is 0.597. The Morgan fingerprint density at radius 3 is 2.00 bits per heavy atom. The summed E-state index contributed by atoms with van der Waals surface area (Å²) in [6, 6.07) is 14.4. The van der Waals surface area contributed by atoms with Crippen LogP contribution >= 0.6 is 0 Å². The number of carbonyl (C=O) groups excluding carboxylic acids is 4. The number of hydrogen-bond donors (Lipinski definition) is 1. The minimum Gasteiger partial charge on any atom is -0.467 e. The molecule has 2 aromatic rings. The van der Waals surface area contributed by atoms with Crippen LogP contribution in [-0.4, -0.2) is 47.3 Å². The molecule has 150 valence electrons. The zero-order valence-corrected chi connectivity index (χ0v) is 16.5. The molecule has 1 aliphatic heterocycles. The van der Waals surface area contributed by atoms with Crippen LogP contribution in [0.2, 0.25) is 0 Å². The predicted octanol–water partition coefficient (Wildman–Crippen LogP) is 1.96. The Balaban J connectivity index is 1.96. The summed E-state index contributed by atoms with van der Waals surface area (Å²) in [5.41, 5.74) is -0.0225. The Kier molecular flexibility index (Phi) is 5.50. The second-order valence-corrected chi connectivity index (χ2v) is 7.34. The molecular weight excluding hydrogens is 372 g/mol. The molecule has 1 aliphatic rings. The highest BCUT2D eigenvalue weighted by molar-refractivity contribution is 6.23. The zero-order valence-electron chi connectivity index (χ0n) is 16.5. The molecule has 3 amide bonds. The Morgan fingerprint density at radius 1 is 0.966 bits per heavy atom. The van der Waals surface area contributed by atoms with Gasteiger partial charge in [0.2, 0.25) is 5.91 Å². The summed E-state index contributed by atoms with van der Waals surface area (Å²) in [5.74, 6) is -2.31. The van der Waals surface area contributed by atoms with E-state index in [9.17, 15) is 19.2 Å². The van der Waals surface area contributed by atoms with Crippen molar-refractivity contribution in [2.75, 3.05) is 7.11 Å². The number of imide groups is 1. The Hall–Kier alpha value is -3.48. The van der Waals surface area contributed by atoms with Gasteiger partial charge < -0.3 is 10.1 Å². The van der Waals surface area contributed by atoms with Crippen LogP contribution in [0, 0.1) is 0 Å². The van der Waals surface area contributed by atoms with Gasteiger partial charge in [-0.3, -0.25) is 19.3 Å². The highest BCUT2D eigenvalue weighted by Gasteiger charge is 2.44. The molecular formula is C22H22N2O5. The minimum absolute atomic E-state index is 0.120. The molecule has 3 rings (SSSR count). The first-order chi connectivity index (χ1) is 13.8. The lowest BCUT2D eigenvalue weighted by molar-refractivity contribution is -0.149. The maximum absolute atomic E-state index is 13.1. The van der Waals surface area contributed by atoms with Crippen molar-refractivity contribution in [3.63, 3.8) is 0 Å². The second-order valence-electron chi connectivity index (χ2n) is 7.34. The third-order valence-electron chi connectivity index (χ3n) is 4.84. The summed E-state index contributed by atoms with van der Waals surface area (Å²) in [5, 5.41) is 2.61. The van der Waals surface area contributed by atoms with Crippen LogP contribution in [0.25, 0.3) is 0 Å². The average molecular weight is 394 g/mol. The smallest absolute Gasteiger partial charge is 0.330 e.